The van der Waals surface area contributed by atoms with E-state index in [0.29, 0.717) is 31.4 Å². The van der Waals surface area contributed by atoms with E-state index in [4.69, 9.17) is 4.74 Å². The maximum absolute atomic E-state index is 14.4. The summed E-state index contributed by atoms with van der Waals surface area (Å²) in [5.74, 6) is -20.8. The van der Waals surface area contributed by atoms with Gasteiger partial charge in [0.2, 0.25) is 0 Å². The maximum Gasteiger partial charge on any atom is 0.460 e. The van der Waals surface area contributed by atoms with Gasteiger partial charge in [0.15, 0.2) is 0 Å². The highest BCUT2D eigenvalue weighted by atomic mass is 19.4. The van der Waals surface area contributed by atoms with Gasteiger partial charge in [0.25, 0.3) is 5.66 Å². The first-order chi connectivity index (χ1) is 16.1. The molecule has 1 aliphatic carbocycles. The molecule has 0 N–H and O–H groups in total. The molecule has 13 heteroatoms. The fraction of sp³-hybridized carbons (Fsp3) is 0.409. The highest BCUT2D eigenvalue weighted by Gasteiger charge is 2.88. The van der Waals surface area contributed by atoms with Crippen molar-refractivity contribution in [2.45, 2.75) is 55.0 Å². The molecule has 2 aromatic carbocycles. The summed E-state index contributed by atoms with van der Waals surface area (Å²) >= 11 is 0. The first-order valence-corrected chi connectivity index (χ1v) is 10.2. The summed E-state index contributed by atoms with van der Waals surface area (Å²) in [7, 11) is 0. The van der Waals surface area contributed by atoms with Crippen LogP contribution in [0.5, 0.6) is 0 Å². The van der Waals surface area contributed by atoms with Crippen LogP contribution < -0.4 is 0 Å². The van der Waals surface area contributed by atoms with E-state index in [-0.39, 0.29) is 5.56 Å². The summed E-state index contributed by atoms with van der Waals surface area (Å²) in [5.41, 5.74) is -2.65. The lowest BCUT2D eigenvalue weighted by Gasteiger charge is -2.35. The van der Waals surface area contributed by atoms with Gasteiger partial charge in [0.1, 0.15) is 6.10 Å². The molecule has 0 radical (unpaired) electrons. The minimum Gasteiger partial charge on any atom is -0.458 e. The summed E-state index contributed by atoms with van der Waals surface area (Å²) < 4.78 is 126. The third-order valence-corrected chi connectivity index (χ3v) is 5.98. The van der Waals surface area contributed by atoms with Crippen LogP contribution >= 0.6 is 0 Å². The second kappa shape index (κ2) is 7.95. The number of rotatable bonds is 6. The summed E-state index contributed by atoms with van der Waals surface area (Å²) in [5, 5.41) is 5.41. The number of aryl methyl sites for hydroxylation is 1. The summed E-state index contributed by atoms with van der Waals surface area (Å²) in [6.45, 7) is 0. The zero-order chi connectivity index (χ0) is 25.9. The topological polar surface area (TPSA) is 51.0 Å². The number of hydrogen-bond acceptors (Lipinski definition) is 4. The second-order valence-corrected chi connectivity index (χ2v) is 8.21. The van der Waals surface area contributed by atoms with Crippen molar-refractivity contribution in [1.82, 2.24) is 0 Å². The highest BCUT2D eigenvalue weighted by Crippen LogP contribution is 2.63. The Morgan fingerprint density at radius 2 is 1.40 bits per heavy atom. The number of alkyl halides is 9. The summed E-state index contributed by atoms with van der Waals surface area (Å²) in [6, 6.07) is 10.6. The average molecular weight is 510 g/mol. The van der Waals surface area contributed by atoms with Crippen molar-refractivity contribution in [3.05, 3.63) is 70.8 Å². The van der Waals surface area contributed by atoms with Crippen LogP contribution in [0.4, 0.5) is 39.5 Å². The molecule has 0 saturated heterocycles. The number of carbonyl (C=O) groups excluding carboxylic acids is 1. The molecular weight excluding hydrogens is 495 g/mol. The van der Waals surface area contributed by atoms with Crippen LogP contribution in [0.25, 0.3) is 0 Å². The number of halogens is 9. The van der Waals surface area contributed by atoms with Crippen molar-refractivity contribution < 1.29 is 49.0 Å². The van der Waals surface area contributed by atoms with Crippen molar-refractivity contribution >= 4 is 5.97 Å². The molecule has 4 nitrogen and oxygen atoms in total. The second-order valence-electron chi connectivity index (χ2n) is 8.21. The third kappa shape index (κ3) is 3.84. The van der Waals surface area contributed by atoms with Gasteiger partial charge in [-0.1, -0.05) is 36.4 Å². The standard InChI is InChI=1S/C22H15F9N2O2/c23-19(24,20(25,26)21(27,28)22(29,30)31)18(32-33-18)15-8-5-13(6-9-15)17(34)35-16-10-7-12-3-1-2-4-14(12)11-16/h1-6,8-9,16H,7,10-11H2. The molecule has 1 atom stereocenters. The quantitative estimate of drug-likeness (QED) is 0.330. The number of ether oxygens (including phenoxy) is 1. The van der Waals surface area contributed by atoms with Crippen LogP contribution in [0.15, 0.2) is 58.8 Å². The van der Waals surface area contributed by atoms with Gasteiger partial charge in [-0.2, -0.15) is 39.5 Å². The Morgan fingerprint density at radius 1 is 0.829 bits per heavy atom. The lowest BCUT2D eigenvalue weighted by molar-refractivity contribution is -0.402. The normalized spacial score (nSPS) is 19.7. The smallest absolute Gasteiger partial charge is 0.458 e. The molecule has 0 fully saturated rings. The first kappa shape index (κ1) is 25.0. The van der Waals surface area contributed by atoms with Crippen molar-refractivity contribution in [3.8, 4) is 0 Å². The molecule has 0 saturated carbocycles. The van der Waals surface area contributed by atoms with Crippen LogP contribution in [-0.4, -0.2) is 36.0 Å². The van der Waals surface area contributed by atoms with Crippen LogP contribution in [-0.2, 0) is 23.2 Å². The van der Waals surface area contributed by atoms with Crippen LogP contribution in [0.3, 0.4) is 0 Å². The van der Waals surface area contributed by atoms with Gasteiger partial charge in [0, 0.05) is 12.0 Å². The highest BCUT2D eigenvalue weighted by molar-refractivity contribution is 5.89. The minimum atomic E-state index is -7.06. The zero-order valence-corrected chi connectivity index (χ0v) is 17.4. The fourth-order valence-electron chi connectivity index (χ4n) is 3.89. The van der Waals surface area contributed by atoms with Gasteiger partial charge in [-0.15, -0.1) is 10.2 Å². The number of carbonyl (C=O) groups is 1. The molecule has 35 heavy (non-hydrogen) atoms. The number of hydrogen-bond donors (Lipinski definition) is 0. The van der Waals surface area contributed by atoms with E-state index in [1.807, 2.05) is 24.3 Å². The van der Waals surface area contributed by atoms with Crippen molar-refractivity contribution in [2.75, 3.05) is 0 Å². The van der Waals surface area contributed by atoms with E-state index in [9.17, 15) is 44.3 Å². The zero-order valence-electron chi connectivity index (χ0n) is 17.4. The predicted octanol–water partition coefficient (Wildman–Crippen LogP) is 6.49. The molecule has 4 rings (SSSR count). The van der Waals surface area contributed by atoms with Gasteiger partial charge >= 0.3 is 29.9 Å². The van der Waals surface area contributed by atoms with Crippen LogP contribution in [0, 0.1) is 0 Å². The number of esters is 1. The lowest BCUT2D eigenvalue weighted by atomic mass is 9.88. The molecule has 2 aliphatic rings. The predicted molar refractivity (Wildman–Crippen MR) is 102 cm³/mol. The molecule has 0 amide bonds. The molecule has 1 aliphatic heterocycles. The van der Waals surface area contributed by atoms with Gasteiger partial charge in [-0.05, 0) is 36.1 Å². The molecule has 0 spiro atoms. The Bertz CT molecular complexity index is 1150. The maximum atomic E-state index is 14.4. The van der Waals surface area contributed by atoms with E-state index in [1.165, 1.54) is 0 Å². The first-order valence-electron chi connectivity index (χ1n) is 10.2. The van der Waals surface area contributed by atoms with E-state index in [0.717, 1.165) is 23.3 Å². The molecule has 0 bridgehead atoms. The molecule has 1 heterocycles. The Balaban J connectivity index is 1.51. The van der Waals surface area contributed by atoms with Crippen molar-refractivity contribution in [3.63, 3.8) is 0 Å². The Morgan fingerprint density at radius 3 is 1.94 bits per heavy atom. The number of benzene rings is 2. The van der Waals surface area contributed by atoms with E-state index >= 15 is 0 Å². The van der Waals surface area contributed by atoms with E-state index in [2.05, 4.69) is 10.2 Å². The number of fused-ring (bicyclic) bond motifs is 1. The monoisotopic (exact) mass is 510 g/mol. The minimum absolute atomic E-state index is 0.181. The Kier molecular flexibility index (Phi) is 5.68. The third-order valence-electron chi connectivity index (χ3n) is 5.98. The largest absolute Gasteiger partial charge is 0.460 e. The molecule has 188 valence electrons. The van der Waals surface area contributed by atoms with Gasteiger partial charge in [-0.3, -0.25) is 0 Å². The molecule has 0 aromatic heterocycles. The SMILES string of the molecule is O=C(OC1CCc2ccccc2C1)c1ccc(C2(C(F)(F)C(F)(F)C(F)(F)C(F)(F)F)N=N2)cc1. The van der Waals surface area contributed by atoms with Crippen molar-refractivity contribution in [1.29, 1.82) is 0 Å². The average Bonchev–Trinajstić information content (AvgIpc) is 3.61. The Labute approximate surface area is 191 Å². The van der Waals surface area contributed by atoms with Gasteiger partial charge in [-0.25, -0.2) is 4.79 Å². The van der Waals surface area contributed by atoms with E-state index < -0.39 is 47.2 Å². The Hall–Kier alpha value is -3.12. The fourth-order valence-corrected chi connectivity index (χ4v) is 3.89. The van der Waals surface area contributed by atoms with Crippen molar-refractivity contribution in [2.24, 2.45) is 10.2 Å². The number of nitrogens with zero attached hydrogens (tertiary/aromatic N) is 2. The molecular formula is C22H15F9N2O2. The van der Waals surface area contributed by atoms with Crippen LogP contribution in [0.1, 0.15) is 33.5 Å². The molecule has 1 unspecified atom stereocenters. The van der Waals surface area contributed by atoms with Gasteiger partial charge < -0.3 is 4.74 Å². The summed E-state index contributed by atoms with van der Waals surface area (Å²) in [6.07, 6.45) is -5.82. The summed E-state index contributed by atoms with van der Waals surface area (Å²) in [4.78, 5) is 12.4. The van der Waals surface area contributed by atoms with Gasteiger partial charge in [0.05, 0.1) is 5.56 Å². The lowest BCUT2D eigenvalue weighted by Crippen LogP contribution is -2.64. The molecule has 2 aromatic rings. The van der Waals surface area contributed by atoms with Crippen LogP contribution in [0.2, 0.25) is 0 Å². The van der Waals surface area contributed by atoms with E-state index in [1.54, 1.807) is 0 Å².